The third kappa shape index (κ3) is 6.66. The molecule has 0 radical (unpaired) electrons. The largest absolute Gasteiger partial charge is 0.357 e. The molecule has 0 aromatic carbocycles. The van der Waals surface area contributed by atoms with Crippen molar-refractivity contribution in [2.75, 3.05) is 18.0 Å². The minimum absolute atomic E-state index is 0.433. The Labute approximate surface area is 135 Å². The topological polar surface area (TPSA) is 28.2 Å². The minimum Gasteiger partial charge on any atom is -0.357 e. The second-order valence-corrected chi connectivity index (χ2v) is 6.23. The van der Waals surface area contributed by atoms with Crippen LogP contribution in [0.25, 0.3) is 0 Å². The zero-order valence-electron chi connectivity index (χ0n) is 14.0. The van der Waals surface area contributed by atoms with Crippen LogP contribution in [0.2, 0.25) is 5.02 Å². The smallest absolute Gasteiger partial charge is 0.128 e. The fourth-order valence-electron chi connectivity index (χ4n) is 2.11. The van der Waals surface area contributed by atoms with Crippen LogP contribution in [0, 0.1) is 0 Å². The van der Waals surface area contributed by atoms with E-state index in [2.05, 4.69) is 37.9 Å². The van der Waals surface area contributed by atoms with Crippen LogP contribution in [-0.2, 0) is 6.54 Å². The molecule has 21 heavy (non-hydrogen) atoms. The van der Waals surface area contributed by atoms with Crippen molar-refractivity contribution < 1.29 is 0 Å². The highest BCUT2D eigenvalue weighted by Crippen LogP contribution is 2.20. The first-order valence-electron chi connectivity index (χ1n) is 8.22. The van der Waals surface area contributed by atoms with E-state index < -0.39 is 0 Å². The Morgan fingerprint density at radius 1 is 1.14 bits per heavy atom. The van der Waals surface area contributed by atoms with Gasteiger partial charge >= 0.3 is 0 Å². The average molecular weight is 312 g/mol. The van der Waals surface area contributed by atoms with Crippen molar-refractivity contribution in [2.45, 2.75) is 66.0 Å². The molecule has 0 aliphatic heterocycles. The van der Waals surface area contributed by atoms with Gasteiger partial charge in [0.25, 0.3) is 0 Å². The van der Waals surface area contributed by atoms with Crippen molar-refractivity contribution >= 4 is 17.4 Å². The van der Waals surface area contributed by atoms with E-state index in [1.54, 1.807) is 0 Å². The summed E-state index contributed by atoms with van der Waals surface area (Å²) in [7, 11) is 0. The number of pyridine rings is 1. The van der Waals surface area contributed by atoms with Gasteiger partial charge in [-0.25, -0.2) is 4.98 Å². The van der Waals surface area contributed by atoms with Gasteiger partial charge < -0.3 is 10.2 Å². The van der Waals surface area contributed by atoms with Crippen LogP contribution in [0.15, 0.2) is 12.1 Å². The first kappa shape index (κ1) is 18.2. The van der Waals surface area contributed by atoms with Crippen LogP contribution < -0.4 is 10.2 Å². The summed E-state index contributed by atoms with van der Waals surface area (Å²) in [5.74, 6) is 1.06. The summed E-state index contributed by atoms with van der Waals surface area (Å²) in [6.45, 7) is 11.6. The summed E-state index contributed by atoms with van der Waals surface area (Å²) in [6.07, 6.45) is 4.82. The summed E-state index contributed by atoms with van der Waals surface area (Å²) in [4.78, 5) is 7.17. The van der Waals surface area contributed by atoms with Crippen LogP contribution in [0.3, 0.4) is 0 Å². The minimum atomic E-state index is 0.433. The summed E-state index contributed by atoms with van der Waals surface area (Å²) in [6, 6.07) is 4.46. The fourth-order valence-corrected chi connectivity index (χ4v) is 2.28. The molecule has 0 fully saturated rings. The van der Waals surface area contributed by atoms with E-state index >= 15 is 0 Å². The third-order valence-electron chi connectivity index (χ3n) is 3.47. The summed E-state index contributed by atoms with van der Waals surface area (Å²) < 4.78 is 0. The highest BCUT2D eigenvalue weighted by Gasteiger charge is 2.10. The van der Waals surface area contributed by atoms with Gasteiger partial charge in [0, 0.05) is 25.7 Å². The number of nitrogens with one attached hydrogen (secondary N) is 1. The van der Waals surface area contributed by atoms with Crippen molar-refractivity contribution in [2.24, 2.45) is 0 Å². The van der Waals surface area contributed by atoms with Crippen molar-refractivity contribution in [1.29, 1.82) is 0 Å². The van der Waals surface area contributed by atoms with Gasteiger partial charge in [-0.1, -0.05) is 52.1 Å². The molecule has 120 valence electrons. The SMILES string of the molecule is CCCCN(CCCC)c1ccc(Cl)c(CNC(C)C)n1. The average Bonchev–Trinajstić information content (AvgIpc) is 2.47. The molecule has 1 N–H and O–H groups in total. The second kappa shape index (κ2) is 10.0. The number of hydrogen-bond donors (Lipinski definition) is 1. The van der Waals surface area contributed by atoms with E-state index in [0.717, 1.165) is 36.2 Å². The second-order valence-electron chi connectivity index (χ2n) is 5.83. The van der Waals surface area contributed by atoms with Crippen molar-refractivity contribution in [1.82, 2.24) is 10.3 Å². The van der Waals surface area contributed by atoms with Crippen LogP contribution in [0.4, 0.5) is 5.82 Å². The van der Waals surface area contributed by atoms with Gasteiger partial charge in [0.15, 0.2) is 0 Å². The molecule has 4 heteroatoms. The Hall–Kier alpha value is -0.800. The monoisotopic (exact) mass is 311 g/mol. The lowest BCUT2D eigenvalue weighted by molar-refractivity contribution is 0.580. The molecular weight excluding hydrogens is 282 g/mol. The highest BCUT2D eigenvalue weighted by atomic mass is 35.5. The summed E-state index contributed by atoms with van der Waals surface area (Å²) >= 11 is 6.27. The van der Waals surface area contributed by atoms with Crippen LogP contribution in [0.1, 0.15) is 59.1 Å². The number of aromatic nitrogens is 1. The number of nitrogens with zero attached hydrogens (tertiary/aromatic N) is 2. The summed E-state index contributed by atoms with van der Waals surface area (Å²) in [5, 5.41) is 4.14. The summed E-state index contributed by atoms with van der Waals surface area (Å²) in [5.41, 5.74) is 0.945. The first-order valence-corrected chi connectivity index (χ1v) is 8.60. The first-order chi connectivity index (χ1) is 10.1. The Balaban J connectivity index is 2.83. The number of hydrogen-bond acceptors (Lipinski definition) is 3. The van der Waals surface area contributed by atoms with Crippen LogP contribution >= 0.6 is 11.6 Å². The van der Waals surface area contributed by atoms with Gasteiger partial charge in [0.1, 0.15) is 5.82 Å². The van der Waals surface area contributed by atoms with Gasteiger partial charge in [0.2, 0.25) is 0 Å². The third-order valence-corrected chi connectivity index (χ3v) is 3.81. The quantitative estimate of drug-likeness (QED) is 0.682. The molecule has 1 aromatic heterocycles. The zero-order chi connectivity index (χ0) is 15.7. The Morgan fingerprint density at radius 3 is 2.29 bits per heavy atom. The van der Waals surface area contributed by atoms with E-state index in [0.29, 0.717) is 6.04 Å². The number of rotatable bonds is 10. The van der Waals surface area contributed by atoms with Crippen molar-refractivity contribution in [3.05, 3.63) is 22.8 Å². The van der Waals surface area contributed by atoms with E-state index in [-0.39, 0.29) is 0 Å². The Kier molecular flexibility index (Phi) is 8.70. The van der Waals surface area contributed by atoms with Gasteiger partial charge in [0.05, 0.1) is 10.7 Å². The molecule has 0 bridgehead atoms. The van der Waals surface area contributed by atoms with E-state index in [1.165, 1.54) is 25.7 Å². The molecule has 1 aromatic rings. The Bertz CT molecular complexity index is 399. The highest BCUT2D eigenvalue weighted by molar-refractivity contribution is 6.31. The van der Waals surface area contributed by atoms with Crippen molar-refractivity contribution in [3.63, 3.8) is 0 Å². The van der Waals surface area contributed by atoms with Gasteiger partial charge in [-0.15, -0.1) is 0 Å². The molecule has 0 aliphatic rings. The standard InChI is InChI=1S/C17H30ClN3/c1-5-7-11-21(12-8-6-2)17-10-9-15(18)16(20-17)13-19-14(3)4/h9-10,14,19H,5-8,11-13H2,1-4H3. The van der Waals surface area contributed by atoms with Gasteiger partial charge in [-0.05, 0) is 25.0 Å². The van der Waals surface area contributed by atoms with Gasteiger partial charge in [-0.3, -0.25) is 0 Å². The molecule has 0 unspecified atom stereocenters. The lowest BCUT2D eigenvalue weighted by atomic mass is 10.2. The van der Waals surface area contributed by atoms with Crippen LogP contribution in [-0.4, -0.2) is 24.1 Å². The maximum absolute atomic E-state index is 6.27. The predicted octanol–water partition coefficient (Wildman–Crippen LogP) is 4.64. The lowest BCUT2D eigenvalue weighted by Crippen LogP contribution is -2.28. The van der Waals surface area contributed by atoms with Crippen LogP contribution in [0.5, 0.6) is 0 Å². The normalized spacial score (nSPS) is 11.1. The molecule has 3 nitrogen and oxygen atoms in total. The molecule has 0 saturated heterocycles. The maximum Gasteiger partial charge on any atom is 0.128 e. The molecule has 1 rings (SSSR count). The van der Waals surface area contributed by atoms with E-state index in [9.17, 15) is 0 Å². The molecule has 0 spiro atoms. The van der Waals surface area contributed by atoms with Crippen molar-refractivity contribution in [3.8, 4) is 0 Å². The maximum atomic E-state index is 6.27. The van der Waals surface area contributed by atoms with Gasteiger partial charge in [-0.2, -0.15) is 0 Å². The number of halogens is 1. The zero-order valence-corrected chi connectivity index (χ0v) is 14.7. The van der Waals surface area contributed by atoms with E-state index in [4.69, 9.17) is 16.6 Å². The number of anilines is 1. The molecule has 0 amide bonds. The molecule has 1 heterocycles. The number of unbranched alkanes of at least 4 members (excludes halogenated alkanes) is 2. The molecule has 0 atom stereocenters. The fraction of sp³-hybridized carbons (Fsp3) is 0.706. The lowest BCUT2D eigenvalue weighted by Gasteiger charge is -2.24. The Morgan fingerprint density at radius 2 is 1.76 bits per heavy atom. The van der Waals surface area contributed by atoms with E-state index in [1.807, 2.05) is 12.1 Å². The molecular formula is C17H30ClN3. The molecule has 0 saturated carbocycles. The predicted molar refractivity (Wildman–Crippen MR) is 93.3 cm³/mol. The molecule has 0 aliphatic carbocycles.